The molecule has 0 saturated carbocycles. The SMILES string of the molecule is N#Cc1cccc(CN2CCn3c(c(O)c(O)cc3=O)C2=O)c1.O=C1c2c(O)c(O)cc(=O)n2CCN1Cc1cccc(-c2ccccc2)c1. The zero-order chi connectivity index (χ0) is 35.5. The summed E-state index contributed by atoms with van der Waals surface area (Å²) in [5.74, 6) is -3.34. The second-order valence-corrected chi connectivity index (χ2v) is 11.8. The van der Waals surface area contributed by atoms with Crippen molar-refractivity contribution < 1.29 is 30.0 Å². The van der Waals surface area contributed by atoms with Crippen molar-refractivity contribution in [2.75, 3.05) is 13.1 Å². The molecule has 252 valence electrons. The quantitative estimate of drug-likeness (QED) is 0.217. The van der Waals surface area contributed by atoms with Crippen molar-refractivity contribution in [3.8, 4) is 40.2 Å². The van der Waals surface area contributed by atoms with Crippen molar-refractivity contribution >= 4 is 11.8 Å². The Morgan fingerprint density at radius 1 is 0.560 bits per heavy atom. The summed E-state index contributed by atoms with van der Waals surface area (Å²) in [5.41, 5.74) is 2.94. The predicted molar refractivity (Wildman–Crippen MR) is 181 cm³/mol. The van der Waals surface area contributed by atoms with E-state index in [2.05, 4.69) is 0 Å². The first kappa shape index (κ1) is 33.1. The van der Waals surface area contributed by atoms with Crippen molar-refractivity contribution in [3.05, 3.63) is 140 Å². The van der Waals surface area contributed by atoms with Crippen LogP contribution in [0.15, 0.2) is 101 Å². The first-order valence-electron chi connectivity index (χ1n) is 15.6. The minimum absolute atomic E-state index is 0.162. The largest absolute Gasteiger partial charge is 0.504 e. The Hall–Kier alpha value is -6.81. The van der Waals surface area contributed by atoms with Crippen LogP contribution < -0.4 is 11.1 Å². The highest BCUT2D eigenvalue weighted by Crippen LogP contribution is 2.31. The Kier molecular flexibility index (Phi) is 9.09. The molecule has 4 N–H and O–H groups in total. The standard InChI is InChI=1S/C21H18N2O4.C16H13N3O4/c24-17-12-18(25)23-10-9-22(21(27)19(23)20(17)26)13-14-5-4-8-16(11-14)15-6-2-1-3-7-15;17-8-10-2-1-3-11(6-10)9-18-4-5-19-13(21)7-12(20)15(22)14(19)16(18)23/h1-8,11-12,24,26H,9-10,13H2;1-3,6-7,20,22H,4-5,9H2. The number of benzene rings is 3. The molecule has 4 heterocycles. The topological polar surface area (TPSA) is 189 Å². The van der Waals surface area contributed by atoms with Gasteiger partial charge in [0.05, 0.1) is 11.6 Å². The fourth-order valence-corrected chi connectivity index (χ4v) is 6.03. The Morgan fingerprint density at radius 2 is 1.04 bits per heavy atom. The van der Waals surface area contributed by atoms with Crippen LogP contribution in [0.2, 0.25) is 0 Å². The van der Waals surface area contributed by atoms with Crippen LogP contribution in [-0.2, 0) is 26.2 Å². The molecule has 5 aromatic rings. The van der Waals surface area contributed by atoms with E-state index in [9.17, 15) is 39.6 Å². The second-order valence-electron chi connectivity index (χ2n) is 11.8. The maximum atomic E-state index is 12.8. The molecule has 0 aliphatic carbocycles. The fraction of sp³-hybridized carbons (Fsp3) is 0.162. The number of rotatable bonds is 5. The Bertz CT molecular complexity index is 2290. The molecule has 0 radical (unpaired) electrons. The molecule has 2 aromatic heterocycles. The minimum Gasteiger partial charge on any atom is -0.504 e. The lowest BCUT2D eigenvalue weighted by atomic mass is 10.0. The molecule has 7 rings (SSSR count). The number of hydrogen-bond donors (Lipinski definition) is 4. The van der Waals surface area contributed by atoms with E-state index in [1.807, 2.05) is 60.7 Å². The molecule has 0 unspecified atom stereocenters. The summed E-state index contributed by atoms with van der Waals surface area (Å²) in [7, 11) is 0. The van der Waals surface area contributed by atoms with Crippen molar-refractivity contribution in [2.45, 2.75) is 26.2 Å². The van der Waals surface area contributed by atoms with Crippen LogP contribution in [-0.4, -0.2) is 64.3 Å². The van der Waals surface area contributed by atoms with Crippen molar-refractivity contribution in [1.82, 2.24) is 18.9 Å². The first-order valence-corrected chi connectivity index (χ1v) is 15.6. The minimum atomic E-state index is -0.608. The Balaban J connectivity index is 0.000000175. The summed E-state index contributed by atoms with van der Waals surface area (Å²) in [6.45, 7) is 1.75. The molecular weight excluding hydrogens is 642 g/mol. The number of nitrogens with zero attached hydrogens (tertiary/aromatic N) is 5. The van der Waals surface area contributed by atoms with Crippen LogP contribution in [0.25, 0.3) is 11.1 Å². The number of aromatic nitrogens is 2. The third-order valence-corrected chi connectivity index (χ3v) is 8.53. The molecule has 0 atom stereocenters. The number of carbonyl (C=O) groups is 2. The highest BCUT2D eigenvalue weighted by Gasteiger charge is 2.31. The van der Waals surface area contributed by atoms with Crippen molar-refractivity contribution in [1.29, 1.82) is 5.26 Å². The van der Waals surface area contributed by atoms with Gasteiger partial charge in [0, 0.05) is 51.4 Å². The second kappa shape index (κ2) is 13.7. The van der Waals surface area contributed by atoms with Gasteiger partial charge in [0.2, 0.25) is 0 Å². The maximum absolute atomic E-state index is 12.8. The molecule has 50 heavy (non-hydrogen) atoms. The number of amides is 2. The lowest BCUT2D eigenvalue weighted by Crippen LogP contribution is -2.43. The van der Waals surface area contributed by atoms with Gasteiger partial charge in [-0.3, -0.25) is 28.3 Å². The van der Waals surface area contributed by atoms with Gasteiger partial charge in [-0.05, 0) is 40.5 Å². The summed E-state index contributed by atoms with van der Waals surface area (Å²) in [6.07, 6.45) is 0. The average Bonchev–Trinajstić information content (AvgIpc) is 3.12. The summed E-state index contributed by atoms with van der Waals surface area (Å²) in [4.78, 5) is 52.1. The third kappa shape index (κ3) is 6.50. The lowest BCUT2D eigenvalue weighted by Gasteiger charge is -2.30. The molecule has 13 nitrogen and oxygen atoms in total. The maximum Gasteiger partial charge on any atom is 0.274 e. The van der Waals surface area contributed by atoms with Crippen molar-refractivity contribution in [3.63, 3.8) is 0 Å². The molecule has 0 bridgehead atoms. The summed E-state index contributed by atoms with van der Waals surface area (Å²) in [6, 6.07) is 28.6. The van der Waals surface area contributed by atoms with Crippen LogP contribution in [0.4, 0.5) is 0 Å². The van der Waals surface area contributed by atoms with Gasteiger partial charge in [0.25, 0.3) is 22.9 Å². The predicted octanol–water partition coefficient (Wildman–Crippen LogP) is 3.37. The van der Waals surface area contributed by atoms with Gasteiger partial charge in [-0.2, -0.15) is 5.26 Å². The number of carbonyl (C=O) groups excluding carboxylic acids is 2. The van der Waals surface area contributed by atoms with Gasteiger partial charge < -0.3 is 30.2 Å². The lowest BCUT2D eigenvalue weighted by molar-refractivity contribution is 0.0673. The van der Waals surface area contributed by atoms with Crippen LogP contribution in [0.1, 0.15) is 37.7 Å². The van der Waals surface area contributed by atoms with Gasteiger partial charge in [0.15, 0.2) is 34.4 Å². The highest BCUT2D eigenvalue weighted by atomic mass is 16.3. The summed E-state index contributed by atoms with van der Waals surface area (Å²) < 4.78 is 2.36. The molecule has 13 heteroatoms. The Morgan fingerprint density at radius 3 is 1.56 bits per heavy atom. The Labute approximate surface area is 285 Å². The van der Waals surface area contributed by atoms with Crippen LogP contribution in [0.3, 0.4) is 0 Å². The van der Waals surface area contributed by atoms with E-state index in [1.54, 1.807) is 29.2 Å². The number of pyridine rings is 2. The molecule has 2 aliphatic heterocycles. The smallest absolute Gasteiger partial charge is 0.274 e. The van der Waals surface area contributed by atoms with Crippen LogP contribution in [0.5, 0.6) is 23.0 Å². The molecule has 0 saturated heterocycles. The zero-order valence-electron chi connectivity index (χ0n) is 26.6. The van der Waals surface area contributed by atoms with E-state index < -0.39 is 45.9 Å². The van der Waals surface area contributed by atoms with E-state index in [4.69, 9.17) is 5.26 Å². The van der Waals surface area contributed by atoms with E-state index >= 15 is 0 Å². The fourth-order valence-electron chi connectivity index (χ4n) is 6.03. The summed E-state index contributed by atoms with van der Waals surface area (Å²) >= 11 is 0. The van der Waals surface area contributed by atoms with E-state index in [0.717, 1.165) is 39.0 Å². The monoisotopic (exact) mass is 673 g/mol. The van der Waals surface area contributed by atoms with Gasteiger partial charge >= 0.3 is 0 Å². The molecule has 3 aromatic carbocycles. The molecule has 2 amide bonds. The van der Waals surface area contributed by atoms with Gasteiger partial charge in [-0.15, -0.1) is 0 Å². The normalized spacial score (nSPS) is 13.5. The highest BCUT2D eigenvalue weighted by molar-refractivity contribution is 5.97. The number of fused-ring (bicyclic) bond motifs is 2. The number of hydrogen-bond acceptors (Lipinski definition) is 9. The van der Waals surface area contributed by atoms with Crippen LogP contribution in [0, 0.1) is 11.3 Å². The first-order chi connectivity index (χ1) is 24.0. The molecule has 2 aliphatic rings. The van der Waals surface area contributed by atoms with E-state index in [1.165, 1.54) is 9.47 Å². The number of aromatic hydroxyl groups is 4. The molecule has 0 spiro atoms. The van der Waals surface area contributed by atoms with E-state index in [0.29, 0.717) is 25.2 Å². The van der Waals surface area contributed by atoms with Gasteiger partial charge in [0.1, 0.15) is 0 Å². The molecular formula is C37H31N5O8. The van der Waals surface area contributed by atoms with Gasteiger partial charge in [-0.1, -0.05) is 60.7 Å². The van der Waals surface area contributed by atoms with Gasteiger partial charge in [-0.25, -0.2) is 0 Å². The third-order valence-electron chi connectivity index (χ3n) is 8.53. The summed E-state index contributed by atoms with van der Waals surface area (Å²) in [5, 5.41) is 48.1. The zero-order valence-corrected chi connectivity index (χ0v) is 26.6. The van der Waals surface area contributed by atoms with Crippen LogP contribution >= 0.6 is 0 Å². The van der Waals surface area contributed by atoms with Crippen molar-refractivity contribution in [2.24, 2.45) is 0 Å². The number of nitriles is 1. The van der Waals surface area contributed by atoms with E-state index in [-0.39, 0.29) is 31.0 Å². The molecule has 0 fully saturated rings. The average molecular weight is 674 g/mol.